The van der Waals surface area contributed by atoms with E-state index in [0.717, 1.165) is 26.2 Å². The lowest BCUT2D eigenvalue weighted by Crippen LogP contribution is -2.43. The third-order valence-electron chi connectivity index (χ3n) is 3.82. The standard InChI is InChI=1S/C14H21N3/c1-3-12(14-5-2-6-16-14)11-13(4-1)17-9-7-15-8-10-17/h1,3-4,11,14-16H,2,5-10H2/t14-/m0/s1. The van der Waals surface area contributed by atoms with Gasteiger partial charge in [0.05, 0.1) is 0 Å². The van der Waals surface area contributed by atoms with Crippen molar-refractivity contribution in [3.63, 3.8) is 0 Å². The summed E-state index contributed by atoms with van der Waals surface area (Å²) >= 11 is 0. The van der Waals surface area contributed by atoms with Crippen molar-refractivity contribution in [1.82, 2.24) is 10.6 Å². The van der Waals surface area contributed by atoms with Gasteiger partial charge in [-0.05, 0) is 37.1 Å². The molecule has 0 spiro atoms. The van der Waals surface area contributed by atoms with Crippen molar-refractivity contribution < 1.29 is 0 Å². The van der Waals surface area contributed by atoms with Crippen molar-refractivity contribution in [2.45, 2.75) is 18.9 Å². The topological polar surface area (TPSA) is 27.3 Å². The second-order valence-corrected chi connectivity index (χ2v) is 4.98. The van der Waals surface area contributed by atoms with E-state index in [9.17, 15) is 0 Å². The maximum atomic E-state index is 3.57. The Balaban J connectivity index is 1.77. The molecule has 3 rings (SSSR count). The molecule has 3 heteroatoms. The second kappa shape index (κ2) is 5.07. The van der Waals surface area contributed by atoms with Crippen LogP contribution in [0, 0.1) is 0 Å². The highest BCUT2D eigenvalue weighted by Crippen LogP contribution is 2.26. The van der Waals surface area contributed by atoms with E-state index in [1.54, 1.807) is 0 Å². The van der Waals surface area contributed by atoms with Crippen LogP contribution >= 0.6 is 0 Å². The molecule has 1 atom stereocenters. The Hall–Kier alpha value is -1.06. The lowest BCUT2D eigenvalue weighted by molar-refractivity contribution is 0.588. The number of hydrogen-bond acceptors (Lipinski definition) is 3. The smallest absolute Gasteiger partial charge is 0.0370 e. The molecule has 1 aromatic rings. The Morgan fingerprint density at radius 3 is 2.76 bits per heavy atom. The Labute approximate surface area is 103 Å². The Bertz CT molecular complexity index is 365. The minimum Gasteiger partial charge on any atom is -0.369 e. The van der Waals surface area contributed by atoms with Gasteiger partial charge in [0.2, 0.25) is 0 Å². The van der Waals surface area contributed by atoms with Crippen molar-refractivity contribution >= 4 is 5.69 Å². The van der Waals surface area contributed by atoms with E-state index in [4.69, 9.17) is 0 Å². The summed E-state index contributed by atoms with van der Waals surface area (Å²) in [6, 6.07) is 9.65. The summed E-state index contributed by atoms with van der Waals surface area (Å²) in [5.74, 6) is 0. The van der Waals surface area contributed by atoms with Crippen molar-refractivity contribution in [2.75, 3.05) is 37.6 Å². The summed E-state index contributed by atoms with van der Waals surface area (Å²) in [5.41, 5.74) is 2.84. The van der Waals surface area contributed by atoms with Crippen LogP contribution in [0.15, 0.2) is 24.3 Å². The summed E-state index contributed by atoms with van der Waals surface area (Å²) in [4.78, 5) is 2.48. The number of rotatable bonds is 2. The number of anilines is 1. The van der Waals surface area contributed by atoms with E-state index < -0.39 is 0 Å². The van der Waals surface area contributed by atoms with E-state index in [-0.39, 0.29) is 0 Å². The highest BCUT2D eigenvalue weighted by molar-refractivity contribution is 5.49. The molecule has 3 nitrogen and oxygen atoms in total. The third-order valence-corrected chi connectivity index (χ3v) is 3.82. The minimum atomic E-state index is 0.581. The lowest BCUT2D eigenvalue weighted by Gasteiger charge is -2.30. The van der Waals surface area contributed by atoms with E-state index >= 15 is 0 Å². The predicted octanol–water partition coefficient (Wildman–Crippen LogP) is 1.52. The van der Waals surface area contributed by atoms with Crippen molar-refractivity contribution in [1.29, 1.82) is 0 Å². The monoisotopic (exact) mass is 231 g/mol. The number of nitrogens with zero attached hydrogens (tertiary/aromatic N) is 1. The van der Waals surface area contributed by atoms with Gasteiger partial charge < -0.3 is 15.5 Å². The van der Waals surface area contributed by atoms with Gasteiger partial charge in [0, 0.05) is 37.9 Å². The molecule has 2 fully saturated rings. The molecule has 1 aromatic carbocycles. The first-order chi connectivity index (χ1) is 8.43. The molecule has 0 amide bonds. The number of benzene rings is 1. The lowest BCUT2D eigenvalue weighted by atomic mass is 10.0. The molecule has 0 unspecified atom stereocenters. The first kappa shape index (κ1) is 11.1. The van der Waals surface area contributed by atoms with Crippen LogP contribution < -0.4 is 15.5 Å². The van der Waals surface area contributed by atoms with Gasteiger partial charge in [-0.1, -0.05) is 12.1 Å². The molecule has 0 saturated carbocycles. The maximum absolute atomic E-state index is 3.57. The zero-order chi connectivity index (χ0) is 11.5. The zero-order valence-corrected chi connectivity index (χ0v) is 10.3. The van der Waals surface area contributed by atoms with Crippen LogP contribution in [0.1, 0.15) is 24.4 Å². The Morgan fingerprint density at radius 1 is 1.12 bits per heavy atom. The quantitative estimate of drug-likeness (QED) is 0.808. The van der Waals surface area contributed by atoms with E-state index in [1.807, 2.05) is 0 Å². The summed E-state index contributed by atoms with van der Waals surface area (Å²) < 4.78 is 0. The maximum Gasteiger partial charge on any atom is 0.0370 e. The van der Waals surface area contributed by atoms with Crippen LogP contribution in [-0.4, -0.2) is 32.7 Å². The molecule has 2 N–H and O–H groups in total. The first-order valence-electron chi connectivity index (χ1n) is 6.72. The zero-order valence-electron chi connectivity index (χ0n) is 10.3. The predicted molar refractivity (Wildman–Crippen MR) is 71.5 cm³/mol. The normalized spacial score (nSPS) is 25.2. The first-order valence-corrected chi connectivity index (χ1v) is 6.72. The molecule has 0 aromatic heterocycles. The van der Waals surface area contributed by atoms with Gasteiger partial charge in [-0.25, -0.2) is 0 Å². The summed E-state index contributed by atoms with van der Waals surface area (Å²) in [7, 11) is 0. The van der Waals surface area contributed by atoms with Gasteiger partial charge in [-0.3, -0.25) is 0 Å². The van der Waals surface area contributed by atoms with Gasteiger partial charge in [-0.15, -0.1) is 0 Å². The summed E-state index contributed by atoms with van der Waals surface area (Å²) in [6.07, 6.45) is 2.59. The largest absolute Gasteiger partial charge is 0.369 e. The van der Waals surface area contributed by atoms with Crippen LogP contribution in [0.4, 0.5) is 5.69 Å². The fraction of sp³-hybridized carbons (Fsp3) is 0.571. The third kappa shape index (κ3) is 2.45. The minimum absolute atomic E-state index is 0.581. The molecule has 2 aliphatic heterocycles. The van der Waals surface area contributed by atoms with Crippen LogP contribution in [0.25, 0.3) is 0 Å². The van der Waals surface area contributed by atoms with Gasteiger partial charge in [0.1, 0.15) is 0 Å². The van der Waals surface area contributed by atoms with Crippen LogP contribution in [0.2, 0.25) is 0 Å². The fourth-order valence-electron chi connectivity index (χ4n) is 2.83. The SMILES string of the molecule is c1cc([C@@H]2CCCN2)cc(N2CCNCC2)c1. The molecule has 92 valence electrons. The van der Waals surface area contributed by atoms with Gasteiger partial charge in [-0.2, -0.15) is 0 Å². The molecular weight excluding hydrogens is 210 g/mol. The van der Waals surface area contributed by atoms with E-state index in [2.05, 4.69) is 39.8 Å². The Kier molecular flexibility index (Phi) is 3.29. The second-order valence-electron chi connectivity index (χ2n) is 4.98. The summed E-state index contributed by atoms with van der Waals surface area (Å²) in [5, 5.41) is 6.97. The van der Waals surface area contributed by atoms with Gasteiger partial charge in [0.15, 0.2) is 0 Å². The van der Waals surface area contributed by atoms with Crippen molar-refractivity contribution in [3.8, 4) is 0 Å². The van der Waals surface area contributed by atoms with Crippen molar-refractivity contribution in [2.24, 2.45) is 0 Å². The average Bonchev–Trinajstić information content (AvgIpc) is 2.94. The van der Waals surface area contributed by atoms with Gasteiger partial charge >= 0.3 is 0 Å². The molecule has 2 heterocycles. The highest BCUT2D eigenvalue weighted by atomic mass is 15.2. The molecule has 0 aliphatic carbocycles. The van der Waals surface area contributed by atoms with Gasteiger partial charge in [0.25, 0.3) is 0 Å². The Morgan fingerprint density at radius 2 is 2.00 bits per heavy atom. The molecule has 2 aliphatic rings. The fourth-order valence-corrected chi connectivity index (χ4v) is 2.83. The van der Waals surface area contributed by atoms with E-state index in [0.29, 0.717) is 6.04 Å². The molecular formula is C14H21N3. The average molecular weight is 231 g/mol. The molecule has 17 heavy (non-hydrogen) atoms. The van der Waals surface area contributed by atoms with Crippen LogP contribution in [0.5, 0.6) is 0 Å². The molecule has 2 saturated heterocycles. The summed E-state index contributed by atoms with van der Waals surface area (Å²) in [6.45, 7) is 5.63. The van der Waals surface area contributed by atoms with E-state index in [1.165, 1.54) is 30.6 Å². The van der Waals surface area contributed by atoms with Crippen LogP contribution in [-0.2, 0) is 0 Å². The molecule has 0 bridgehead atoms. The van der Waals surface area contributed by atoms with Crippen LogP contribution in [0.3, 0.4) is 0 Å². The van der Waals surface area contributed by atoms with Crippen molar-refractivity contribution in [3.05, 3.63) is 29.8 Å². The molecule has 0 radical (unpaired) electrons. The highest BCUT2D eigenvalue weighted by Gasteiger charge is 2.17. The number of hydrogen-bond donors (Lipinski definition) is 2. The number of piperazine rings is 1. The number of nitrogens with one attached hydrogen (secondary N) is 2.